The summed E-state index contributed by atoms with van der Waals surface area (Å²) in [7, 11) is 0. The van der Waals surface area contributed by atoms with E-state index >= 15 is 0 Å². The molecule has 0 aromatic carbocycles. The molecule has 4 fully saturated rings. The van der Waals surface area contributed by atoms with Gasteiger partial charge in [0.2, 0.25) is 0 Å². The topological polar surface area (TPSA) is 18.5 Å². The van der Waals surface area contributed by atoms with Crippen LogP contribution in [0.25, 0.3) is 0 Å². The Kier molecular flexibility index (Phi) is 0.958. The van der Waals surface area contributed by atoms with Crippen molar-refractivity contribution in [2.45, 2.75) is 43.2 Å². The van der Waals surface area contributed by atoms with E-state index in [0.717, 1.165) is 19.3 Å². The van der Waals surface area contributed by atoms with Crippen molar-refractivity contribution in [3.8, 4) is 0 Å². The molecular weight excluding hydrogens is 140 g/mol. The van der Waals surface area contributed by atoms with E-state index in [1.54, 1.807) is 0 Å². The van der Waals surface area contributed by atoms with E-state index < -0.39 is 0 Å². The number of hydrogen-bond donors (Lipinski definition) is 0. The summed E-state index contributed by atoms with van der Waals surface area (Å²) in [6.07, 6.45) is 6.37. The predicted molar refractivity (Wildman–Crippen MR) is 40.3 cm³/mol. The Hall–Kier alpha value is -0.340. The Bertz CT molecular complexity index is 192. The fraction of sp³-hybridized carbons (Fsp3) is 0.778. The number of rotatable bonds is 1. The van der Waals surface area contributed by atoms with E-state index in [1.165, 1.54) is 0 Å². The van der Waals surface area contributed by atoms with Crippen molar-refractivity contribution in [1.29, 1.82) is 0 Å². The van der Waals surface area contributed by atoms with Gasteiger partial charge in [-0.05, 0) is 0 Å². The quantitative estimate of drug-likeness (QED) is 0.527. The normalized spacial score (nSPS) is 58.7. The lowest BCUT2D eigenvalue weighted by molar-refractivity contribution is -0.0727. The maximum atomic E-state index is 5.84. The molecule has 11 heavy (non-hydrogen) atoms. The van der Waals surface area contributed by atoms with Crippen LogP contribution in [0.3, 0.4) is 0 Å². The molecule has 0 radical (unpaired) electrons. The van der Waals surface area contributed by atoms with Gasteiger partial charge in [-0.3, -0.25) is 0 Å². The molecule has 4 aliphatic rings. The Labute approximate surface area is 66.2 Å². The lowest BCUT2D eigenvalue weighted by Crippen LogP contribution is -2.38. The third-order valence-electron chi connectivity index (χ3n) is 3.16. The van der Waals surface area contributed by atoms with Crippen molar-refractivity contribution in [1.82, 2.24) is 0 Å². The molecule has 4 atom stereocenters. The minimum absolute atomic E-state index is 0.00347. The molecule has 4 heterocycles. The SMILES string of the molecule is C=CC12CC3CC(O1)C(C2)O3. The van der Waals surface area contributed by atoms with Gasteiger partial charge in [0.1, 0.15) is 0 Å². The molecule has 4 saturated heterocycles. The summed E-state index contributed by atoms with van der Waals surface area (Å²) in [6, 6.07) is 0. The van der Waals surface area contributed by atoms with Gasteiger partial charge in [-0.1, -0.05) is 6.08 Å². The molecule has 0 aromatic heterocycles. The lowest BCUT2D eigenvalue weighted by Gasteiger charge is -2.34. The highest BCUT2D eigenvalue weighted by Gasteiger charge is 2.57. The van der Waals surface area contributed by atoms with E-state index in [4.69, 9.17) is 9.47 Å². The molecule has 0 spiro atoms. The summed E-state index contributed by atoms with van der Waals surface area (Å²) < 4.78 is 11.6. The molecule has 0 aromatic rings. The Morgan fingerprint density at radius 2 is 2.27 bits per heavy atom. The Morgan fingerprint density at radius 3 is 2.91 bits per heavy atom. The van der Waals surface area contributed by atoms with Gasteiger partial charge >= 0.3 is 0 Å². The first-order valence-corrected chi connectivity index (χ1v) is 4.28. The van der Waals surface area contributed by atoms with Crippen molar-refractivity contribution in [3.05, 3.63) is 12.7 Å². The Morgan fingerprint density at radius 1 is 1.36 bits per heavy atom. The van der Waals surface area contributed by atoms with Crippen LogP contribution in [0.2, 0.25) is 0 Å². The van der Waals surface area contributed by atoms with Crippen LogP contribution in [0.5, 0.6) is 0 Å². The number of ether oxygens (including phenoxy) is 2. The molecule has 4 unspecified atom stereocenters. The van der Waals surface area contributed by atoms with Crippen molar-refractivity contribution in [3.63, 3.8) is 0 Å². The van der Waals surface area contributed by atoms with Crippen LogP contribution in [0.1, 0.15) is 19.3 Å². The van der Waals surface area contributed by atoms with Crippen molar-refractivity contribution in [2.24, 2.45) is 0 Å². The minimum Gasteiger partial charge on any atom is -0.372 e. The second-order valence-corrected chi connectivity index (χ2v) is 3.87. The third-order valence-corrected chi connectivity index (χ3v) is 3.16. The average Bonchev–Trinajstić information content (AvgIpc) is 2.40. The fourth-order valence-corrected chi connectivity index (χ4v) is 2.66. The predicted octanol–water partition coefficient (Wildman–Crippen LogP) is 1.26. The molecule has 2 nitrogen and oxygen atoms in total. The van der Waals surface area contributed by atoms with E-state index in [-0.39, 0.29) is 5.60 Å². The average molecular weight is 152 g/mol. The summed E-state index contributed by atoms with van der Waals surface area (Å²) in [5.41, 5.74) is -0.00347. The van der Waals surface area contributed by atoms with Gasteiger partial charge in [0.05, 0.1) is 23.9 Å². The van der Waals surface area contributed by atoms with E-state index in [0.29, 0.717) is 18.3 Å². The standard InChI is InChI=1S/C9H12O2/c1-2-9-4-6-3-7(11-9)8(5-9)10-6/h2,6-8H,1,3-5H2. The van der Waals surface area contributed by atoms with Crippen molar-refractivity contribution >= 4 is 0 Å². The highest BCUT2D eigenvalue weighted by atomic mass is 16.6. The first-order chi connectivity index (χ1) is 5.31. The van der Waals surface area contributed by atoms with Gasteiger partial charge in [0.15, 0.2) is 0 Å². The molecule has 60 valence electrons. The number of hydrogen-bond acceptors (Lipinski definition) is 2. The molecule has 4 bridgehead atoms. The molecule has 0 N–H and O–H groups in total. The first-order valence-electron chi connectivity index (χ1n) is 4.28. The monoisotopic (exact) mass is 152 g/mol. The van der Waals surface area contributed by atoms with Gasteiger partial charge in [-0.15, -0.1) is 6.58 Å². The third kappa shape index (κ3) is 0.644. The van der Waals surface area contributed by atoms with Crippen LogP contribution in [0.4, 0.5) is 0 Å². The summed E-state index contributed by atoms with van der Waals surface area (Å²) in [6.45, 7) is 3.83. The van der Waals surface area contributed by atoms with Crippen LogP contribution in [-0.4, -0.2) is 23.9 Å². The van der Waals surface area contributed by atoms with Crippen molar-refractivity contribution < 1.29 is 9.47 Å². The summed E-state index contributed by atoms with van der Waals surface area (Å²) in [5, 5.41) is 0. The Balaban J connectivity index is 2.00. The van der Waals surface area contributed by atoms with Crippen molar-refractivity contribution in [2.75, 3.05) is 0 Å². The molecular formula is C9H12O2. The van der Waals surface area contributed by atoms with Crippen LogP contribution in [0, 0.1) is 0 Å². The molecule has 4 rings (SSSR count). The second-order valence-electron chi connectivity index (χ2n) is 3.87. The van der Waals surface area contributed by atoms with Crippen LogP contribution < -0.4 is 0 Å². The highest BCUT2D eigenvalue weighted by Crippen LogP contribution is 2.50. The zero-order valence-corrected chi connectivity index (χ0v) is 6.45. The summed E-state index contributed by atoms with van der Waals surface area (Å²) >= 11 is 0. The van der Waals surface area contributed by atoms with Gasteiger partial charge in [0.25, 0.3) is 0 Å². The maximum Gasteiger partial charge on any atom is 0.0915 e. The van der Waals surface area contributed by atoms with Crippen LogP contribution in [0.15, 0.2) is 12.7 Å². The summed E-state index contributed by atoms with van der Waals surface area (Å²) in [5.74, 6) is 0. The highest BCUT2D eigenvalue weighted by molar-refractivity contribution is 5.13. The van der Waals surface area contributed by atoms with E-state index in [1.807, 2.05) is 6.08 Å². The largest absolute Gasteiger partial charge is 0.372 e. The van der Waals surface area contributed by atoms with Gasteiger partial charge < -0.3 is 9.47 Å². The molecule has 0 saturated carbocycles. The molecule has 4 aliphatic heterocycles. The van der Waals surface area contributed by atoms with E-state index in [2.05, 4.69) is 6.58 Å². The fourth-order valence-electron chi connectivity index (χ4n) is 2.66. The second kappa shape index (κ2) is 1.70. The first kappa shape index (κ1) is 6.21. The lowest BCUT2D eigenvalue weighted by atomic mass is 9.91. The molecule has 2 heteroatoms. The van der Waals surface area contributed by atoms with Crippen LogP contribution >= 0.6 is 0 Å². The van der Waals surface area contributed by atoms with Gasteiger partial charge in [-0.25, -0.2) is 0 Å². The van der Waals surface area contributed by atoms with Gasteiger partial charge in [-0.2, -0.15) is 0 Å². The van der Waals surface area contributed by atoms with E-state index in [9.17, 15) is 0 Å². The zero-order valence-electron chi connectivity index (χ0n) is 6.45. The maximum absolute atomic E-state index is 5.84. The zero-order chi connectivity index (χ0) is 7.47. The molecule has 0 amide bonds. The minimum atomic E-state index is -0.00347. The van der Waals surface area contributed by atoms with Crippen LogP contribution in [-0.2, 0) is 9.47 Å². The van der Waals surface area contributed by atoms with Gasteiger partial charge in [0, 0.05) is 19.3 Å². The smallest absolute Gasteiger partial charge is 0.0915 e. The molecule has 0 aliphatic carbocycles. The summed E-state index contributed by atoms with van der Waals surface area (Å²) in [4.78, 5) is 0.